The van der Waals surface area contributed by atoms with Gasteiger partial charge in [-0.3, -0.25) is 0 Å². The van der Waals surface area contributed by atoms with Gasteiger partial charge in [0.15, 0.2) is 0 Å². The molecule has 0 amide bonds. The molecule has 2 unspecified atom stereocenters. The van der Waals surface area contributed by atoms with Gasteiger partial charge in [0.2, 0.25) is 0 Å². The molecule has 0 spiro atoms. The lowest BCUT2D eigenvalue weighted by atomic mass is 9.79. The molecular weight excluding hydrogens is 172 g/mol. The summed E-state index contributed by atoms with van der Waals surface area (Å²) in [5.41, 5.74) is 0.0699. The summed E-state index contributed by atoms with van der Waals surface area (Å²) in [5.74, 6) is 0.455. The van der Waals surface area contributed by atoms with Crippen LogP contribution in [-0.4, -0.2) is 10.7 Å². The van der Waals surface area contributed by atoms with E-state index in [1.165, 1.54) is 19.3 Å². The van der Waals surface area contributed by atoms with Crippen LogP contribution in [-0.2, 0) is 0 Å². The summed E-state index contributed by atoms with van der Waals surface area (Å²) in [5, 5.41) is 10.6. The molecule has 1 fully saturated rings. The quantitative estimate of drug-likeness (QED) is 0.670. The van der Waals surface area contributed by atoms with Crippen molar-refractivity contribution in [3.8, 4) is 0 Å². The zero-order valence-electron chi connectivity index (χ0n) is 10.3. The van der Waals surface area contributed by atoms with Crippen molar-refractivity contribution in [3.63, 3.8) is 0 Å². The van der Waals surface area contributed by atoms with Crippen LogP contribution in [0.25, 0.3) is 0 Å². The first-order valence-corrected chi connectivity index (χ1v) is 6.12. The number of rotatable bonds is 2. The Hall–Kier alpha value is -0.0400. The molecule has 0 heterocycles. The van der Waals surface area contributed by atoms with E-state index >= 15 is 0 Å². The smallest absolute Gasteiger partial charge is 0.0673 e. The summed E-state index contributed by atoms with van der Waals surface area (Å²) in [7, 11) is 0. The molecule has 2 atom stereocenters. The Balaban J connectivity index is 2.64. The van der Waals surface area contributed by atoms with Crippen molar-refractivity contribution in [2.75, 3.05) is 0 Å². The number of aliphatic hydroxyl groups is 1. The first-order valence-electron chi connectivity index (χ1n) is 6.12. The Labute approximate surface area is 88.9 Å². The van der Waals surface area contributed by atoms with E-state index in [0.29, 0.717) is 11.3 Å². The fourth-order valence-electron chi connectivity index (χ4n) is 2.55. The fraction of sp³-hybridized carbons (Fsp3) is 1.00. The van der Waals surface area contributed by atoms with Gasteiger partial charge in [-0.2, -0.15) is 0 Å². The Morgan fingerprint density at radius 1 is 1.14 bits per heavy atom. The minimum absolute atomic E-state index is 0.372. The van der Waals surface area contributed by atoms with Crippen molar-refractivity contribution in [3.05, 3.63) is 0 Å². The van der Waals surface area contributed by atoms with Gasteiger partial charge >= 0.3 is 0 Å². The summed E-state index contributed by atoms with van der Waals surface area (Å²) >= 11 is 0. The Bertz CT molecular complexity index is 186. The molecule has 0 bridgehead atoms. The lowest BCUT2D eigenvalue weighted by molar-refractivity contribution is -0.0287. The van der Waals surface area contributed by atoms with Gasteiger partial charge in [-0.25, -0.2) is 0 Å². The minimum Gasteiger partial charge on any atom is -0.390 e. The van der Waals surface area contributed by atoms with Crippen molar-refractivity contribution in [1.29, 1.82) is 0 Å². The van der Waals surface area contributed by atoms with Crippen LogP contribution >= 0.6 is 0 Å². The van der Waals surface area contributed by atoms with Gasteiger partial charge in [-0.05, 0) is 37.0 Å². The molecule has 0 aromatic carbocycles. The first kappa shape index (κ1) is 12.0. The third-order valence-electron chi connectivity index (χ3n) is 4.23. The van der Waals surface area contributed by atoms with Gasteiger partial charge in [0.1, 0.15) is 0 Å². The van der Waals surface area contributed by atoms with Gasteiger partial charge in [0.25, 0.3) is 0 Å². The highest BCUT2D eigenvalue weighted by atomic mass is 16.3. The van der Waals surface area contributed by atoms with Gasteiger partial charge in [0.05, 0.1) is 5.60 Å². The van der Waals surface area contributed by atoms with Crippen molar-refractivity contribution in [2.24, 2.45) is 11.3 Å². The summed E-state index contributed by atoms with van der Waals surface area (Å²) in [6, 6.07) is 0. The molecule has 0 aliphatic heterocycles. The molecule has 1 heteroatoms. The van der Waals surface area contributed by atoms with Crippen LogP contribution in [0.15, 0.2) is 0 Å². The molecule has 14 heavy (non-hydrogen) atoms. The van der Waals surface area contributed by atoms with Crippen LogP contribution in [0.1, 0.15) is 66.2 Å². The lowest BCUT2D eigenvalue weighted by Crippen LogP contribution is -2.35. The van der Waals surface area contributed by atoms with E-state index in [0.717, 1.165) is 19.3 Å². The van der Waals surface area contributed by atoms with Gasteiger partial charge in [-0.15, -0.1) is 0 Å². The summed E-state index contributed by atoms with van der Waals surface area (Å²) < 4.78 is 0. The average Bonchev–Trinajstić information content (AvgIpc) is 2.26. The van der Waals surface area contributed by atoms with Crippen LogP contribution < -0.4 is 0 Å². The topological polar surface area (TPSA) is 20.2 Å². The molecule has 1 saturated carbocycles. The predicted octanol–water partition coefficient (Wildman–Crippen LogP) is 3.75. The molecule has 1 rings (SSSR count). The summed E-state index contributed by atoms with van der Waals surface area (Å²) in [6.07, 6.45) is 6.73. The highest BCUT2D eigenvalue weighted by molar-refractivity contribution is 4.89. The largest absolute Gasteiger partial charge is 0.390 e. The van der Waals surface area contributed by atoms with Crippen LogP contribution in [0.5, 0.6) is 0 Å². The summed E-state index contributed by atoms with van der Waals surface area (Å²) in [4.78, 5) is 0. The highest BCUT2D eigenvalue weighted by Gasteiger charge is 2.36. The third kappa shape index (κ3) is 2.73. The Morgan fingerprint density at radius 3 is 2.36 bits per heavy atom. The van der Waals surface area contributed by atoms with Gasteiger partial charge in [-0.1, -0.05) is 40.5 Å². The molecular formula is C13H26O. The predicted molar refractivity (Wildman–Crippen MR) is 61.3 cm³/mol. The molecule has 0 radical (unpaired) electrons. The molecule has 1 N–H and O–H groups in total. The zero-order valence-corrected chi connectivity index (χ0v) is 10.3. The molecule has 0 saturated heterocycles. The number of hydrogen-bond donors (Lipinski definition) is 1. The second-order valence-corrected chi connectivity index (χ2v) is 5.93. The van der Waals surface area contributed by atoms with E-state index in [-0.39, 0.29) is 5.60 Å². The standard InChI is InChI=1S/C13H26O/c1-5-11(2)13(14)8-6-7-12(3,4)9-10-13/h11,14H,5-10H2,1-4H3. The first-order chi connectivity index (χ1) is 6.40. The van der Waals surface area contributed by atoms with Crippen LogP contribution in [0.4, 0.5) is 0 Å². The molecule has 0 aromatic heterocycles. The van der Waals surface area contributed by atoms with E-state index in [1.54, 1.807) is 0 Å². The van der Waals surface area contributed by atoms with Crippen LogP contribution in [0, 0.1) is 11.3 Å². The van der Waals surface area contributed by atoms with Crippen molar-refractivity contribution < 1.29 is 5.11 Å². The SMILES string of the molecule is CCC(C)C1(O)CCCC(C)(C)CC1. The van der Waals surface area contributed by atoms with E-state index in [4.69, 9.17) is 0 Å². The number of hydrogen-bond acceptors (Lipinski definition) is 1. The Kier molecular flexibility index (Phi) is 3.63. The zero-order chi connectivity index (χ0) is 10.8. The minimum atomic E-state index is -0.372. The van der Waals surface area contributed by atoms with E-state index < -0.39 is 0 Å². The van der Waals surface area contributed by atoms with Crippen LogP contribution in [0.3, 0.4) is 0 Å². The maximum absolute atomic E-state index is 10.6. The van der Waals surface area contributed by atoms with Crippen molar-refractivity contribution in [1.82, 2.24) is 0 Å². The van der Waals surface area contributed by atoms with Gasteiger partial charge < -0.3 is 5.11 Å². The van der Waals surface area contributed by atoms with E-state index in [9.17, 15) is 5.11 Å². The normalized spacial score (nSPS) is 34.9. The molecule has 1 aliphatic carbocycles. The van der Waals surface area contributed by atoms with Crippen LogP contribution in [0.2, 0.25) is 0 Å². The maximum atomic E-state index is 10.6. The highest BCUT2D eigenvalue weighted by Crippen LogP contribution is 2.41. The van der Waals surface area contributed by atoms with Gasteiger partial charge in [0, 0.05) is 0 Å². The second kappa shape index (κ2) is 4.22. The van der Waals surface area contributed by atoms with Crippen molar-refractivity contribution >= 4 is 0 Å². The average molecular weight is 198 g/mol. The molecule has 84 valence electrons. The Morgan fingerprint density at radius 2 is 1.79 bits per heavy atom. The molecule has 1 aliphatic rings. The lowest BCUT2D eigenvalue weighted by Gasteiger charge is -2.33. The molecule has 0 aromatic rings. The maximum Gasteiger partial charge on any atom is 0.0673 e. The molecule has 1 nitrogen and oxygen atoms in total. The third-order valence-corrected chi connectivity index (χ3v) is 4.23. The van der Waals surface area contributed by atoms with E-state index in [2.05, 4.69) is 27.7 Å². The summed E-state index contributed by atoms with van der Waals surface area (Å²) in [6.45, 7) is 9.03. The monoisotopic (exact) mass is 198 g/mol. The fourth-order valence-corrected chi connectivity index (χ4v) is 2.55. The van der Waals surface area contributed by atoms with E-state index in [1.807, 2.05) is 0 Å². The second-order valence-electron chi connectivity index (χ2n) is 5.93. The van der Waals surface area contributed by atoms with Crippen molar-refractivity contribution in [2.45, 2.75) is 71.8 Å².